The van der Waals surface area contributed by atoms with Gasteiger partial charge in [0.25, 0.3) is 11.8 Å². The molecular formula is C30H24F2N4O6. The minimum atomic E-state index is -0.784. The average Bonchev–Trinajstić information content (AvgIpc) is 2.98. The van der Waals surface area contributed by atoms with Crippen molar-refractivity contribution < 1.29 is 32.5 Å². The van der Waals surface area contributed by atoms with Crippen molar-refractivity contribution in [2.45, 2.75) is 6.92 Å². The number of ether oxygens (including phenoxy) is 4. The van der Waals surface area contributed by atoms with Crippen molar-refractivity contribution in [1.82, 2.24) is 15.0 Å². The van der Waals surface area contributed by atoms with E-state index in [1.165, 1.54) is 64.1 Å². The van der Waals surface area contributed by atoms with Crippen LogP contribution in [0.25, 0.3) is 22.2 Å². The monoisotopic (exact) mass is 574 g/mol. The largest absolute Gasteiger partial charge is 0.496 e. The highest BCUT2D eigenvalue weighted by Crippen LogP contribution is 2.35. The van der Waals surface area contributed by atoms with Crippen LogP contribution in [0.3, 0.4) is 0 Å². The van der Waals surface area contributed by atoms with E-state index in [4.69, 9.17) is 18.9 Å². The Bertz CT molecular complexity index is 1890. The van der Waals surface area contributed by atoms with E-state index in [9.17, 15) is 14.0 Å². The number of benzene rings is 2. The van der Waals surface area contributed by atoms with Crippen LogP contribution < -0.4 is 29.7 Å². The number of methoxy groups -OCH3 is 3. The second kappa shape index (κ2) is 11.5. The van der Waals surface area contributed by atoms with Crippen LogP contribution in [0.4, 0.5) is 14.5 Å². The molecule has 0 aliphatic heterocycles. The van der Waals surface area contributed by atoms with Gasteiger partial charge in [-0.1, -0.05) is 0 Å². The van der Waals surface area contributed by atoms with Gasteiger partial charge in [0.2, 0.25) is 5.43 Å². The number of rotatable bonds is 8. The quantitative estimate of drug-likeness (QED) is 0.244. The molecule has 0 aliphatic rings. The van der Waals surface area contributed by atoms with Crippen molar-refractivity contribution in [2.24, 2.45) is 0 Å². The Balaban J connectivity index is 1.42. The molecule has 10 nitrogen and oxygen atoms in total. The number of carbonyl (C=O) groups is 1. The van der Waals surface area contributed by atoms with Gasteiger partial charge >= 0.3 is 0 Å². The van der Waals surface area contributed by atoms with Crippen LogP contribution in [0, 0.1) is 18.6 Å². The van der Waals surface area contributed by atoms with Gasteiger partial charge in [0, 0.05) is 59.2 Å². The average molecular weight is 575 g/mol. The fourth-order valence-corrected chi connectivity index (χ4v) is 4.34. The maximum Gasteiger partial charge on any atom is 0.261 e. The number of nitrogens with one attached hydrogen (secondary N) is 2. The molecule has 0 bridgehead atoms. The highest BCUT2D eigenvalue weighted by molar-refractivity contribution is 6.05. The van der Waals surface area contributed by atoms with Crippen molar-refractivity contribution in [2.75, 3.05) is 26.6 Å². The molecule has 12 heteroatoms. The Labute approximate surface area is 237 Å². The van der Waals surface area contributed by atoms with Gasteiger partial charge < -0.3 is 29.2 Å². The molecule has 42 heavy (non-hydrogen) atoms. The number of hydrogen-bond acceptors (Lipinski definition) is 8. The van der Waals surface area contributed by atoms with Gasteiger partial charge in [-0.05, 0) is 31.2 Å². The summed E-state index contributed by atoms with van der Waals surface area (Å²) in [5, 5.41) is 2.55. The highest BCUT2D eigenvalue weighted by atomic mass is 19.1. The lowest BCUT2D eigenvalue weighted by Crippen LogP contribution is -2.25. The minimum Gasteiger partial charge on any atom is -0.496 e. The molecule has 2 aromatic carbocycles. The van der Waals surface area contributed by atoms with Crippen molar-refractivity contribution in [1.29, 1.82) is 0 Å². The summed E-state index contributed by atoms with van der Waals surface area (Å²) in [4.78, 5) is 38.0. The van der Waals surface area contributed by atoms with E-state index in [0.717, 1.165) is 12.1 Å². The standard InChI is InChI=1S/C30H24F2N4O6/c1-15-26(28(37)19(14-34-15)18-7-5-16(31)11-24(18)39-2)29(38)35-17-6-8-22(20(32)12-17)42-23-9-10-33-21-13-25(40-3)30(41-4)36-27(21)23/h5-14H,1-4H3,(H,34,37)(H,35,38). The molecule has 214 valence electrons. The number of aryl methyl sites for hydroxylation is 1. The number of halogens is 2. The first-order valence-corrected chi connectivity index (χ1v) is 12.5. The summed E-state index contributed by atoms with van der Waals surface area (Å²) in [6.45, 7) is 1.55. The van der Waals surface area contributed by atoms with Gasteiger partial charge in [-0.15, -0.1) is 0 Å². The van der Waals surface area contributed by atoms with E-state index in [2.05, 4.69) is 20.3 Å². The maximum atomic E-state index is 15.1. The molecule has 2 N–H and O–H groups in total. The Morgan fingerprint density at radius 3 is 2.38 bits per heavy atom. The molecule has 0 aliphatic carbocycles. The smallest absolute Gasteiger partial charge is 0.261 e. The molecule has 0 atom stereocenters. The molecule has 3 heterocycles. The molecule has 5 rings (SSSR count). The number of nitrogens with zero attached hydrogens (tertiary/aromatic N) is 2. The number of amides is 1. The maximum absolute atomic E-state index is 15.1. The van der Waals surface area contributed by atoms with Crippen LogP contribution in [0.5, 0.6) is 28.9 Å². The van der Waals surface area contributed by atoms with Crippen molar-refractivity contribution >= 4 is 22.6 Å². The van der Waals surface area contributed by atoms with E-state index in [0.29, 0.717) is 22.3 Å². The fraction of sp³-hybridized carbons (Fsp3) is 0.133. The normalized spacial score (nSPS) is 10.8. The van der Waals surface area contributed by atoms with E-state index in [1.807, 2.05) is 0 Å². The third-order valence-electron chi connectivity index (χ3n) is 6.39. The minimum absolute atomic E-state index is 0.0810. The summed E-state index contributed by atoms with van der Waals surface area (Å²) in [7, 11) is 4.25. The van der Waals surface area contributed by atoms with Gasteiger partial charge in [-0.3, -0.25) is 14.6 Å². The number of pyridine rings is 3. The number of hydrogen-bond donors (Lipinski definition) is 2. The summed E-state index contributed by atoms with van der Waals surface area (Å²) in [6, 6.07) is 10.7. The van der Waals surface area contributed by atoms with Gasteiger partial charge in [0.1, 0.15) is 22.6 Å². The lowest BCUT2D eigenvalue weighted by molar-refractivity contribution is 0.102. The number of aromatic amines is 1. The molecule has 0 spiro atoms. The summed E-state index contributed by atoms with van der Waals surface area (Å²) in [5.41, 5.74) is 0.719. The zero-order chi connectivity index (χ0) is 30.0. The number of fused-ring (bicyclic) bond motifs is 1. The van der Waals surface area contributed by atoms with E-state index in [-0.39, 0.29) is 45.6 Å². The van der Waals surface area contributed by atoms with Crippen LogP contribution in [0.2, 0.25) is 0 Å². The lowest BCUT2D eigenvalue weighted by atomic mass is 10.0. The molecule has 3 aromatic heterocycles. The topological polar surface area (TPSA) is 125 Å². The lowest BCUT2D eigenvalue weighted by Gasteiger charge is -2.13. The molecule has 5 aromatic rings. The zero-order valence-electron chi connectivity index (χ0n) is 22.9. The van der Waals surface area contributed by atoms with E-state index in [1.54, 1.807) is 13.0 Å². The van der Waals surface area contributed by atoms with Crippen LogP contribution in [0.15, 0.2) is 65.7 Å². The third kappa shape index (κ3) is 5.29. The summed E-state index contributed by atoms with van der Waals surface area (Å²) >= 11 is 0. The van der Waals surface area contributed by atoms with E-state index < -0.39 is 23.0 Å². The van der Waals surface area contributed by atoms with Crippen LogP contribution >= 0.6 is 0 Å². The van der Waals surface area contributed by atoms with Gasteiger partial charge in [-0.2, -0.15) is 0 Å². The molecule has 1 amide bonds. The molecule has 0 saturated heterocycles. The first-order chi connectivity index (χ1) is 20.2. The Hall–Kier alpha value is -5.52. The molecule has 0 saturated carbocycles. The van der Waals surface area contributed by atoms with Gasteiger partial charge in [-0.25, -0.2) is 13.8 Å². The summed E-state index contributed by atoms with van der Waals surface area (Å²) < 4.78 is 50.3. The molecule has 0 radical (unpaired) electrons. The zero-order valence-corrected chi connectivity index (χ0v) is 22.9. The number of anilines is 1. The Kier molecular flexibility index (Phi) is 7.69. The first-order valence-electron chi connectivity index (χ1n) is 12.5. The second-order valence-corrected chi connectivity index (χ2v) is 8.95. The SMILES string of the molecule is COc1cc(F)ccc1-c1c[nH]c(C)c(C(=O)Nc2ccc(Oc3ccnc4cc(OC)c(OC)nc34)c(F)c2)c1=O. The van der Waals surface area contributed by atoms with Crippen molar-refractivity contribution in [3.63, 3.8) is 0 Å². The Morgan fingerprint density at radius 1 is 0.881 bits per heavy atom. The van der Waals surface area contributed by atoms with Gasteiger partial charge in [0.05, 0.1) is 26.8 Å². The fourth-order valence-electron chi connectivity index (χ4n) is 4.34. The number of carbonyl (C=O) groups excluding carboxylic acids is 1. The second-order valence-electron chi connectivity index (χ2n) is 8.95. The van der Waals surface area contributed by atoms with Crippen LogP contribution in [-0.4, -0.2) is 42.2 Å². The summed E-state index contributed by atoms with van der Waals surface area (Å²) in [6.07, 6.45) is 2.90. The van der Waals surface area contributed by atoms with Crippen LogP contribution in [0.1, 0.15) is 16.1 Å². The third-order valence-corrected chi connectivity index (χ3v) is 6.39. The first kappa shape index (κ1) is 28.0. The molecule has 0 fully saturated rings. The molecule has 0 unspecified atom stereocenters. The number of aromatic nitrogens is 3. The van der Waals surface area contributed by atoms with E-state index >= 15 is 4.39 Å². The molecular weight excluding hydrogens is 550 g/mol. The predicted molar refractivity (Wildman–Crippen MR) is 151 cm³/mol. The van der Waals surface area contributed by atoms with Crippen LogP contribution in [-0.2, 0) is 0 Å². The summed E-state index contributed by atoms with van der Waals surface area (Å²) in [5.74, 6) is -1.32. The van der Waals surface area contributed by atoms with Gasteiger partial charge in [0.15, 0.2) is 23.1 Å². The predicted octanol–water partition coefficient (Wildman–Crippen LogP) is 5.64. The van der Waals surface area contributed by atoms with Crippen molar-refractivity contribution in [3.05, 3.63) is 94.0 Å². The highest BCUT2D eigenvalue weighted by Gasteiger charge is 2.21. The Morgan fingerprint density at radius 2 is 1.67 bits per heavy atom. The number of H-pyrrole nitrogens is 1. The van der Waals surface area contributed by atoms with Crippen molar-refractivity contribution in [3.8, 4) is 40.0 Å².